The first kappa shape index (κ1) is 20.5. The number of nitrogens with one attached hydrogen (secondary N) is 1. The quantitative estimate of drug-likeness (QED) is 0.451. The van der Waals surface area contributed by atoms with E-state index in [1.54, 1.807) is 30.5 Å². The number of fused-ring (bicyclic) bond motifs is 1. The molecule has 4 aromatic rings. The summed E-state index contributed by atoms with van der Waals surface area (Å²) in [6.07, 6.45) is -1.89. The predicted octanol–water partition coefficient (Wildman–Crippen LogP) is 5.31. The summed E-state index contributed by atoms with van der Waals surface area (Å²) in [5, 5.41) is 3.43. The molecule has 0 saturated carbocycles. The van der Waals surface area contributed by atoms with Crippen molar-refractivity contribution in [2.75, 3.05) is 0 Å². The second-order valence-electron chi connectivity index (χ2n) is 6.80. The SMILES string of the molecule is O=C(N[C@@H](c1ccc(F)cc1)c1ncccc1C(F)(F)F)c1ccc2cccnc2c1. The van der Waals surface area contributed by atoms with Gasteiger partial charge in [0.15, 0.2) is 0 Å². The van der Waals surface area contributed by atoms with E-state index >= 15 is 0 Å². The Hall–Kier alpha value is -3.81. The molecule has 31 heavy (non-hydrogen) atoms. The molecule has 4 rings (SSSR count). The number of alkyl halides is 3. The van der Waals surface area contributed by atoms with Crippen LogP contribution in [-0.4, -0.2) is 15.9 Å². The van der Waals surface area contributed by atoms with Crippen LogP contribution in [0.5, 0.6) is 0 Å². The minimum Gasteiger partial charge on any atom is -0.340 e. The zero-order valence-electron chi connectivity index (χ0n) is 15.9. The van der Waals surface area contributed by atoms with Crippen molar-refractivity contribution in [2.24, 2.45) is 0 Å². The summed E-state index contributed by atoms with van der Waals surface area (Å²) < 4.78 is 54.2. The summed E-state index contributed by atoms with van der Waals surface area (Å²) in [6.45, 7) is 0. The first-order valence-corrected chi connectivity index (χ1v) is 9.26. The Bertz CT molecular complexity index is 1240. The second-order valence-corrected chi connectivity index (χ2v) is 6.80. The maximum atomic E-state index is 13.6. The molecule has 0 aliphatic heterocycles. The molecule has 8 heteroatoms. The smallest absolute Gasteiger partial charge is 0.340 e. The van der Waals surface area contributed by atoms with Crippen LogP contribution in [0.3, 0.4) is 0 Å². The third-order valence-corrected chi connectivity index (χ3v) is 4.76. The Morgan fingerprint density at radius 1 is 0.903 bits per heavy atom. The first-order valence-electron chi connectivity index (χ1n) is 9.26. The number of nitrogens with zero attached hydrogens (tertiary/aromatic N) is 2. The normalized spacial score (nSPS) is 12.5. The molecule has 0 fully saturated rings. The highest BCUT2D eigenvalue weighted by atomic mass is 19.4. The average molecular weight is 425 g/mol. The lowest BCUT2D eigenvalue weighted by Crippen LogP contribution is -2.31. The lowest BCUT2D eigenvalue weighted by molar-refractivity contribution is -0.138. The monoisotopic (exact) mass is 425 g/mol. The molecule has 1 amide bonds. The van der Waals surface area contributed by atoms with Crippen LogP contribution in [0.2, 0.25) is 0 Å². The summed E-state index contributed by atoms with van der Waals surface area (Å²) in [5.41, 5.74) is -0.304. The van der Waals surface area contributed by atoms with Gasteiger partial charge in [0.1, 0.15) is 5.82 Å². The van der Waals surface area contributed by atoms with Crippen molar-refractivity contribution in [3.05, 3.63) is 107 Å². The van der Waals surface area contributed by atoms with Gasteiger partial charge in [0.05, 0.1) is 22.8 Å². The van der Waals surface area contributed by atoms with Crippen molar-refractivity contribution < 1.29 is 22.4 Å². The van der Waals surface area contributed by atoms with E-state index in [0.717, 1.165) is 23.6 Å². The summed E-state index contributed by atoms with van der Waals surface area (Å²) >= 11 is 0. The van der Waals surface area contributed by atoms with Crippen LogP contribution in [0.15, 0.2) is 79.1 Å². The Balaban J connectivity index is 1.76. The summed E-state index contributed by atoms with van der Waals surface area (Å²) in [5.74, 6) is -1.16. The topological polar surface area (TPSA) is 54.9 Å². The molecular weight excluding hydrogens is 410 g/mol. The van der Waals surface area contributed by atoms with Gasteiger partial charge in [0.25, 0.3) is 5.91 Å². The number of carbonyl (C=O) groups is 1. The highest BCUT2D eigenvalue weighted by molar-refractivity contribution is 5.98. The van der Waals surface area contributed by atoms with E-state index in [0.29, 0.717) is 5.52 Å². The van der Waals surface area contributed by atoms with Gasteiger partial charge in [-0.05, 0) is 48.0 Å². The standard InChI is InChI=1S/C23H15F4N3O/c24-17-9-7-15(8-10-17)20(21-18(23(25,26)27)4-2-12-29-21)30-22(31)16-6-5-14-3-1-11-28-19(14)13-16/h1-13,20H,(H,30,31)/t20-/m0/s1. The Kier molecular flexibility index (Phi) is 5.37. The van der Waals surface area contributed by atoms with Crippen molar-refractivity contribution in [2.45, 2.75) is 12.2 Å². The van der Waals surface area contributed by atoms with Crippen LogP contribution < -0.4 is 5.32 Å². The fourth-order valence-electron chi connectivity index (χ4n) is 3.27. The molecular formula is C23H15F4N3O. The first-order chi connectivity index (χ1) is 14.8. The maximum absolute atomic E-state index is 13.6. The van der Waals surface area contributed by atoms with Crippen molar-refractivity contribution in [3.63, 3.8) is 0 Å². The van der Waals surface area contributed by atoms with Gasteiger partial charge in [-0.2, -0.15) is 13.2 Å². The third-order valence-electron chi connectivity index (χ3n) is 4.76. The zero-order valence-corrected chi connectivity index (χ0v) is 15.9. The zero-order chi connectivity index (χ0) is 22.0. The van der Waals surface area contributed by atoms with E-state index < -0.39 is 29.5 Å². The summed E-state index contributed by atoms with van der Waals surface area (Å²) in [4.78, 5) is 21.0. The van der Waals surface area contributed by atoms with Gasteiger partial charge in [-0.3, -0.25) is 14.8 Å². The summed E-state index contributed by atoms with van der Waals surface area (Å²) in [6, 6.07) is 14.1. The van der Waals surface area contributed by atoms with Gasteiger partial charge >= 0.3 is 6.18 Å². The van der Waals surface area contributed by atoms with Crippen molar-refractivity contribution >= 4 is 16.8 Å². The number of benzene rings is 2. The molecule has 0 spiro atoms. The van der Waals surface area contributed by atoms with Gasteiger partial charge in [-0.1, -0.05) is 24.3 Å². The highest BCUT2D eigenvalue weighted by Gasteiger charge is 2.37. The molecule has 156 valence electrons. The van der Waals surface area contributed by atoms with Crippen molar-refractivity contribution in [1.29, 1.82) is 0 Å². The maximum Gasteiger partial charge on any atom is 0.418 e. The van der Waals surface area contributed by atoms with Crippen LogP contribution in [0, 0.1) is 5.82 Å². The number of pyridine rings is 2. The molecule has 4 nitrogen and oxygen atoms in total. The molecule has 0 radical (unpaired) electrons. The fraction of sp³-hybridized carbons (Fsp3) is 0.0870. The third kappa shape index (κ3) is 4.37. The van der Waals surface area contributed by atoms with E-state index in [1.165, 1.54) is 24.4 Å². The number of halogens is 4. The lowest BCUT2D eigenvalue weighted by atomic mass is 9.98. The van der Waals surface area contributed by atoms with E-state index in [9.17, 15) is 22.4 Å². The number of rotatable bonds is 4. The van der Waals surface area contributed by atoms with E-state index in [4.69, 9.17) is 0 Å². The average Bonchev–Trinajstić information content (AvgIpc) is 2.77. The molecule has 2 aromatic heterocycles. The second kappa shape index (κ2) is 8.14. The largest absolute Gasteiger partial charge is 0.418 e. The minimum atomic E-state index is -4.68. The molecule has 0 bridgehead atoms. The van der Waals surface area contributed by atoms with Crippen LogP contribution >= 0.6 is 0 Å². The van der Waals surface area contributed by atoms with E-state index in [-0.39, 0.29) is 16.8 Å². The van der Waals surface area contributed by atoms with E-state index in [2.05, 4.69) is 15.3 Å². The fourth-order valence-corrected chi connectivity index (χ4v) is 3.27. The number of amides is 1. The van der Waals surface area contributed by atoms with Crippen molar-refractivity contribution in [3.8, 4) is 0 Å². The van der Waals surface area contributed by atoms with Crippen LogP contribution in [0.1, 0.15) is 33.2 Å². The van der Waals surface area contributed by atoms with Gasteiger partial charge in [-0.15, -0.1) is 0 Å². The molecule has 1 N–H and O–H groups in total. The molecule has 0 aliphatic carbocycles. The lowest BCUT2D eigenvalue weighted by Gasteiger charge is -2.22. The van der Waals surface area contributed by atoms with Gasteiger partial charge in [0, 0.05) is 23.3 Å². The molecule has 1 atom stereocenters. The van der Waals surface area contributed by atoms with Crippen LogP contribution in [0.25, 0.3) is 10.9 Å². The summed E-state index contributed by atoms with van der Waals surface area (Å²) in [7, 11) is 0. The minimum absolute atomic E-state index is 0.225. The number of hydrogen-bond donors (Lipinski definition) is 1. The Labute approximate surface area is 174 Å². The molecule has 2 heterocycles. The Morgan fingerprint density at radius 3 is 2.35 bits per heavy atom. The van der Waals surface area contributed by atoms with Crippen molar-refractivity contribution in [1.82, 2.24) is 15.3 Å². The Morgan fingerprint density at radius 2 is 1.61 bits per heavy atom. The molecule has 0 aliphatic rings. The number of aromatic nitrogens is 2. The number of hydrogen-bond acceptors (Lipinski definition) is 3. The van der Waals surface area contributed by atoms with Gasteiger partial charge < -0.3 is 5.32 Å². The predicted molar refractivity (Wildman–Crippen MR) is 107 cm³/mol. The molecule has 0 saturated heterocycles. The van der Waals surface area contributed by atoms with E-state index in [1.807, 2.05) is 6.07 Å². The van der Waals surface area contributed by atoms with Crippen LogP contribution in [0.4, 0.5) is 17.6 Å². The molecule has 0 unspecified atom stereocenters. The molecule has 2 aromatic carbocycles. The van der Waals surface area contributed by atoms with Gasteiger partial charge in [0.2, 0.25) is 0 Å². The van der Waals surface area contributed by atoms with Gasteiger partial charge in [-0.25, -0.2) is 4.39 Å². The van der Waals surface area contributed by atoms with Crippen LogP contribution in [-0.2, 0) is 6.18 Å². The highest BCUT2D eigenvalue weighted by Crippen LogP contribution is 2.35. The number of carbonyl (C=O) groups excluding carboxylic acids is 1.